The molecule has 2 N–H and O–H groups in total. The summed E-state index contributed by atoms with van der Waals surface area (Å²) in [6.07, 6.45) is 3.82. The first-order valence-electron chi connectivity index (χ1n) is 6.53. The van der Waals surface area contributed by atoms with Gasteiger partial charge in [-0.05, 0) is 26.3 Å². The second-order valence-electron chi connectivity index (χ2n) is 5.22. The van der Waals surface area contributed by atoms with Gasteiger partial charge in [-0.1, -0.05) is 6.92 Å². The van der Waals surface area contributed by atoms with Crippen LogP contribution in [-0.2, 0) is 14.8 Å². The average Bonchev–Trinajstić information content (AvgIpc) is 2.35. The molecule has 1 rings (SSSR count). The molecule has 0 bridgehead atoms. The van der Waals surface area contributed by atoms with Crippen molar-refractivity contribution < 1.29 is 13.2 Å². The lowest BCUT2D eigenvalue weighted by Crippen LogP contribution is -2.46. The number of hydrogen-bond acceptors (Lipinski definition) is 5. The number of nitrogens with zero attached hydrogens (tertiary/aromatic N) is 1. The van der Waals surface area contributed by atoms with E-state index >= 15 is 0 Å². The number of methoxy groups -OCH3 is 1. The predicted octanol–water partition coefficient (Wildman–Crippen LogP) is 1.61. The summed E-state index contributed by atoms with van der Waals surface area (Å²) in [5, 5.41) is 3.10. The van der Waals surface area contributed by atoms with Crippen molar-refractivity contribution in [2.45, 2.75) is 37.6 Å². The topological polar surface area (TPSA) is 80.3 Å². The molecule has 0 fully saturated rings. The molecule has 1 aromatic rings. The Morgan fingerprint density at radius 2 is 2.10 bits per heavy atom. The Morgan fingerprint density at radius 1 is 1.40 bits per heavy atom. The molecule has 1 heterocycles. The second kappa shape index (κ2) is 7.01. The van der Waals surface area contributed by atoms with Gasteiger partial charge in [0, 0.05) is 26.0 Å². The molecule has 0 aliphatic heterocycles. The summed E-state index contributed by atoms with van der Waals surface area (Å²) in [5.74, 6) is 0. The molecule has 0 aliphatic rings. The predicted molar refractivity (Wildman–Crippen MR) is 79.3 cm³/mol. The standard InChI is InChI=1S/C13H23N3O3S/c1-5-7-15-11-6-8-14-9-12(11)20(17,18)16-13(2,3)10-19-4/h6,8-9,16H,5,7,10H2,1-4H3,(H,14,15). The highest BCUT2D eigenvalue weighted by Gasteiger charge is 2.28. The van der Waals surface area contributed by atoms with E-state index in [-0.39, 0.29) is 11.5 Å². The molecule has 114 valence electrons. The highest BCUT2D eigenvalue weighted by atomic mass is 32.2. The Kier molecular flexibility index (Phi) is 5.91. The van der Waals surface area contributed by atoms with Gasteiger partial charge in [-0.2, -0.15) is 0 Å². The number of aromatic nitrogens is 1. The number of rotatable bonds is 8. The van der Waals surface area contributed by atoms with Gasteiger partial charge in [0.1, 0.15) is 4.90 Å². The Hall–Kier alpha value is -1.18. The van der Waals surface area contributed by atoms with E-state index in [9.17, 15) is 8.42 Å². The van der Waals surface area contributed by atoms with Crippen LogP contribution in [0, 0.1) is 0 Å². The van der Waals surface area contributed by atoms with Gasteiger partial charge in [-0.15, -0.1) is 0 Å². The maximum atomic E-state index is 12.5. The minimum atomic E-state index is -3.66. The zero-order valence-electron chi connectivity index (χ0n) is 12.4. The van der Waals surface area contributed by atoms with Crippen molar-refractivity contribution in [3.63, 3.8) is 0 Å². The third kappa shape index (κ3) is 4.73. The first kappa shape index (κ1) is 16.9. The van der Waals surface area contributed by atoms with Gasteiger partial charge in [0.15, 0.2) is 0 Å². The third-order valence-corrected chi connectivity index (χ3v) is 4.28. The lowest BCUT2D eigenvalue weighted by atomic mass is 10.1. The van der Waals surface area contributed by atoms with Crippen LogP contribution in [0.25, 0.3) is 0 Å². The Labute approximate surface area is 121 Å². The molecule has 0 atom stereocenters. The molecule has 0 radical (unpaired) electrons. The molecule has 0 aliphatic carbocycles. The number of ether oxygens (including phenoxy) is 1. The average molecular weight is 301 g/mol. The van der Waals surface area contributed by atoms with Crippen LogP contribution < -0.4 is 10.0 Å². The van der Waals surface area contributed by atoms with Crippen molar-refractivity contribution in [1.29, 1.82) is 0 Å². The number of sulfonamides is 1. The van der Waals surface area contributed by atoms with E-state index in [0.29, 0.717) is 12.2 Å². The van der Waals surface area contributed by atoms with E-state index in [1.165, 1.54) is 13.3 Å². The molecule has 0 saturated carbocycles. The summed E-state index contributed by atoms with van der Waals surface area (Å²) in [6.45, 7) is 6.54. The Bertz CT molecular complexity index is 529. The smallest absolute Gasteiger partial charge is 0.244 e. The van der Waals surface area contributed by atoms with E-state index in [1.54, 1.807) is 26.1 Å². The van der Waals surface area contributed by atoms with Crippen molar-refractivity contribution >= 4 is 15.7 Å². The van der Waals surface area contributed by atoms with Crippen molar-refractivity contribution in [1.82, 2.24) is 9.71 Å². The van der Waals surface area contributed by atoms with Crippen molar-refractivity contribution in [3.8, 4) is 0 Å². The SMILES string of the molecule is CCCNc1ccncc1S(=O)(=O)NC(C)(C)COC. The molecule has 0 aromatic carbocycles. The molecule has 0 unspecified atom stereocenters. The van der Waals surface area contributed by atoms with Gasteiger partial charge in [0.25, 0.3) is 0 Å². The van der Waals surface area contributed by atoms with Gasteiger partial charge in [-0.3, -0.25) is 4.98 Å². The van der Waals surface area contributed by atoms with Crippen LogP contribution in [0.3, 0.4) is 0 Å². The molecular formula is C13H23N3O3S. The van der Waals surface area contributed by atoms with Crippen molar-refractivity contribution in [2.24, 2.45) is 0 Å². The summed E-state index contributed by atoms with van der Waals surface area (Å²) in [4.78, 5) is 4.06. The minimum absolute atomic E-state index is 0.151. The Balaban J connectivity index is 3.03. The normalized spacial score (nSPS) is 12.4. The third-order valence-electron chi connectivity index (χ3n) is 2.56. The lowest BCUT2D eigenvalue weighted by Gasteiger charge is -2.25. The molecule has 0 saturated heterocycles. The molecular weight excluding hydrogens is 278 g/mol. The van der Waals surface area contributed by atoms with Crippen LogP contribution in [-0.4, -0.2) is 39.2 Å². The lowest BCUT2D eigenvalue weighted by molar-refractivity contribution is 0.141. The summed E-state index contributed by atoms with van der Waals surface area (Å²) in [6, 6.07) is 1.66. The monoisotopic (exact) mass is 301 g/mol. The molecule has 0 spiro atoms. The van der Waals surface area contributed by atoms with Crippen LogP contribution in [0.15, 0.2) is 23.4 Å². The van der Waals surface area contributed by atoms with Crippen LogP contribution in [0.5, 0.6) is 0 Å². The van der Waals surface area contributed by atoms with Crippen LogP contribution >= 0.6 is 0 Å². The summed E-state index contributed by atoms with van der Waals surface area (Å²) in [5.41, 5.74) is -0.131. The van der Waals surface area contributed by atoms with Gasteiger partial charge in [0.2, 0.25) is 10.0 Å². The first-order chi connectivity index (χ1) is 9.32. The molecule has 6 nitrogen and oxygen atoms in total. The Morgan fingerprint density at radius 3 is 2.70 bits per heavy atom. The minimum Gasteiger partial charge on any atom is -0.384 e. The highest BCUT2D eigenvalue weighted by molar-refractivity contribution is 7.89. The van der Waals surface area contributed by atoms with Crippen LogP contribution in [0.1, 0.15) is 27.2 Å². The van der Waals surface area contributed by atoms with Crippen molar-refractivity contribution in [3.05, 3.63) is 18.5 Å². The van der Waals surface area contributed by atoms with Crippen LogP contribution in [0.4, 0.5) is 5.69 Å². The summed E-state index contributed by atoms with van der Waals surface area (Å²) >= 11 is 0. The zero-order valence-corrected chi connectivity index (χ0v) is 13.3. The molecule has 0 amide bonds. The van der Waals surface area contributed by atoms with Gasteiger partial charge < -0.3 is 10.1 Å². The maximum absolute atomic E-state index is 12.5. The number of pyridine rings is 1. The quantitative estimate of drug-likeness (QED) is 0.762. The fraction of sp³-hybridized carbons (Fsp3) is 0.615. The van der Waals surface area contributed by atoms with E-state index in [2.05, 4.69) is 15.0 Å². The fourth-order valence-electron chi connectivity index (χ4n) is 1.81. The largest absolute Gasteiger partial charge is 0.384 e. The highest BCUT2D eigenvalue weighted by Crippen LogP contribution is 2.21. The van der Waals surface area contributed by atoms with Crippen molar-refractivity contribution in [2.75, 3.05) is 25.6 Å². The second-order valence-corrected chi connectivity index (χ2v) is 6.87. The van der Waals surface area contributed by atoms with E-state index in [0.717, 1.165) is 6.42 Å². The molecule has 20 heavy (non-hydrogen) atoms. The molecule has 1 aromatic heterocycles. The number of hydrogen-bond donors (Lipinski definition) is 2. The summed E-state index contributed by atoms with van der Waals surface area (Å²) in [7, 11) is -2.12. The maximum Gasteiger partial charge on any atom is 0.244 e. The fourth-order valence-corrected chi connectivity index (χ4v) is 3.33. The van der Waals surface area contributed by atoms with Gasteiger partial charge >= 0.3 is 0 Å². The van der Waals surface area contributed by atoms with Crippen LogP contribution in [0.2, 0.25) is 0 Å². The van der Waals surface area contributed by atoms with Gasteiger partial charge in [0.05, 0.1) is 17.8 Å². The number of nitrogens with one attached hydrogen (secondary N) is 2. The summed E-state index contributed by atoms with van der Waals surface area (Å²) < 4.78 is 32.6. The number of anilines is 1. The van der Waals surface area contributed by atoms with E-state index < -0.39 is 15.6 Å². The first-order valence-corrected chi connectivity index (χ1v) is 8.01. The zero-order chi connectivity index (χ0) is 15.2. The van der Waals surface area contributed by atoms with E-state index in [1.807, 2.05) is 6.92 Å². The van der Waals surface area contributed by atoms with Gasteiger partial charge in [-0.25, -0.2) is 13.1 Å². The molecule has 7 heteroatoms. The van der Waals surface area contributed by atoms with E-state index in [4.69, 9.17) is 4.74 Å².